The second kappa shape index (κ2) is 14.0. The molecule has 3 aromatic carbocycles. The summed E-state index contributed by atoms with van der Waals surface area (Å²) in [5, 5.41) is 20.0. The fourth-order valence-electron chi connectivity index (χ4n) is 4.16. The number of nitrogens with zero attached hydrogens (tertiary/aromatic N) is 3. The minimum atomic E-state index is -1.82. The highest BCUT2D eigenvalue weighted by molar-refractivity contribution is 6.27. The van der Waals surface area contributed by atoms with Crippen molar-refractivity contribution in [1.29, 1.82) is 0 Å². The predicted octanol–water partition coefficient (Wildman–Crippen LogP) is 2.60. The number of anilines is 1. The zero-order chi connectivity index (χ0) is 28.4. The van der Waals surface area contributed by atoms with Crippen LogP contribution >= 0.6 is 0 Å². The Morgan fingerprint density at radius 3 is 2.05 bits per heavy atom. The van der Waals surface area contributed by atoms with Crippen molar-refractivity contribution in [3.8, 4) is 0 Å². The molecule has 0 aromatic heterocycles. The number of aliphatic carboxylic acids is 2. The van der Waals surface area contributed by atoms with Gasteiger partial charge in [0.05, 0.1) is 12.6 Å². The van der Waals surface area contributed by atoms with Crippen molar-refractivity contribution >= 4 is 40.2 Å². The van der Waals surface area contributed by atoms with Gasteiger partial charge in [-0.15, -0.1) is 0 Å². The highest BCUT2D eigenvalue weighted by atomic mass is 16.4. The lowest BCUT2D eigenvalue weighted by Gasteiger charge is -2.36. The summed E-state index contributed by atoms with van der Waals surface area (Å²) >= 11 is 0. The number of amides is 2. The molecule has 4 rings (SSSR count). The van der Waals surface area contributed by atoms with Gasteiger partial charge in [-0.1, -0.05) is 60.7 Å². The number of hydrogen-bond acceptors (Lipinski definition) is 6. The highest BCUT2D eigenvalue weighted by Gasteiger charge is 2.25. The Labute approximate surface area is 227 Å². The molecular formula is C29H34N4O6. The third-order valence-corrected chi connectivity index (χ3v) is 6.60. The molecule has 0 spiro atoms. The second-order valence-corrected chi connectivity index (χ2v) is 9.40. The molecule has 0 aliphatic carbocycles. The zero-order valence-corrected chi connectivity index (χ0v) is 22.1. The van der Waals surface area contributed by atoms with Crippen LogP contribution in [-0.2, 0) is 25.7 Å². The Morgan fingerprint density at radius 1 is 0.846 bits per heavy atom. The average molecular weight is 535 g/mol. The van der Waals surface area contributed by atoms with E-state index in [0.717, 1.165) is 49.2 Å². The van der Waals surface area contributed by atoms with E-state index in [0.29, 0.717) is 0 Å². The van der Waals surface area contributed by atoms with Crippen LogP contribution in [0.25, 0.3) is 10.8 Å². The number of piperazine rings is 1. The zero-order valence-electron chi connectivity index (χ0n) is 22.1. The largest absolute Gasteiger partial charge is 0.473 e. The number of likely N-dealkylation sites (N-methyl/N-ethyl adjacent to an activating group) is 1. The van der Waals surface area contributed by atoms with Crippen molar-refractivity contribution in [2.45, 2.75) is 19.5 Å². The summed E-state index contributed by atoms with van der Waals surface area (Å²) in [4.78, 5) is 49.9. The smallest absolute Gasteiger partial charge is 0.414 e. The van der Waals surface area contributed by atoms with Crippen LogP contribution in [0.1, 0.15) is 12.5 Å². The molecule has 39 heavy (non-hydrogen) atoms. The van der Waals surface area contributed by atoms with E-state index in [9.17, 15) is 9.59 Å². The van der Waals surface area contributed by atoms with Crippen LogP contribution in [0.2, 0.25) is 0 Å². The van der Waals surface area contributed by atoms with Crippen molar-refractivity contribution in [1.82, 2.24) is 14.7 Å². The summed E-state index contributed by atoms with van der Waals surface area (Å²) in [5.74, 6) is -3.69. The van der Waals surface area contributed by atoms with E-state index < -0.39 is 18.0 Å². The topological polar surface area (TPSA) is 130 Å². The lowest BCUT2D eigenvalue weighted by atomic mass is 10.1. The number of carbonyl (C=O) groups excluding carboxylic acids is 2. The lowest BCUT2D eigenvalue weighted by Crippen LogP contribution is -2.52. The molecule has 0 radical (unpaired) electrons. The molecule has 0 saturated carbocycles. The first-order valence-electron chi connectivity index (χ1n) is 12.6. The molecule has 2 amide bonds. The van der Waals surface area contributed by atoms with Crippen LogP contribution in [0.3, 0.4) is 0 Å². The number of benzene rings is 3. The van der Waals surface area contributed by atoms with Crippen LogP contribution in [0.15, 0.2) is 72.8 Å². The molecule has 206 valence electrons. The van der Waals surface area contributed by atoms with Gasteiger partial charge < -0.3 is 20.4 Å². The van der Waals surface area contributed by atoms with Gasteiger partial charge in [0.2, 0.25) is 11.8 Å². The molecule has 1 saturated heterocycles. The lowest BCUT2D eigenvalue weighted by molar-refractivity contribution is -0.159. The highest BCUT2D eigenvalue weighted by Crippen LogP contribution is 2.19. The molecule has 1 unspecified atom stereocenters. The van der Waals surface area contributed by atoms with E-state index in [1.165, 1.54) is 5.56 Å². The van der Waals surface area contributed by atoms with Crippen LogP contribution in [-0.4, -0.2) is 94.5 Å². The minimum Gasteiger partial charge on any atom is -0.473 e. The Hall–Kier alpha value is -4.28. The molecule has 0 bridgehead atoms. The Bertz CT molecular complexity index is 1280. The molecule has 3 aromatic rings. The van der Waals surface area contributed by atoms with Crippen molar-refractivity contribution in [3.05, 3.63) is 78.4 Å². The van der Waals surface area contributed by atoms with E-state index in [1.807, 2.05) is 72.3 Å². The first-order chi connectivity index (χ1) is 18.6. The van der Waals surface area contributed by atoms with Gasteiger partial charge in [-0.25, -0.2) is 9.59 Å². The van der Waals surface area contributed by atoms with Gasteiger partial charge >= 0.3 is 11.9 Å². The first-order valence-corrected chi connectivity index (χ1v) is 12.6. The molecule has 1 heterocycles. The van der Waals surface area contributed by atoms with Gasteiger partial charge in [0.1, 0.15) is 0 Å². The summed E-state index contributed by atoms with van der Waals surface area (Å²) in [5.41, 5.74) is 2.06. The summed E-state index contributed by atoms with van der Waals surface area (Å²) in [7, 11) is 1.83. The second-order valence-electron chi connectivity index (χ2n) is 9.40. The van der Waals surface area contributed by atoms with E-state index in [2.05, 4.69) is 34.5 Å². The maximum Gasteiger partial charge on any atom is 0.414 e. The molecule has 1 atom stereocenters. The van der Waals surface area contributed by atoms with E-state index in [1.54, 1.807) is 0 Å². The first kappa shape index (κ1) is 29.3. The number of fused-ring (bicyclic) bond motifs is 1. The maximum absolute atomic E-state index is 12.8. The SMILES string of the molecule is CC(C(=O)Nc1ccc2ccccc2c1)N(C)CC(=O)N1CCN(Cc2ccccc2)CC1.O=C(O)C(=O)O. The van der Waals surface area contributed by atoms with Crippen LogP contribution in [0.5, 0.6) is 0 Å². The van der Waals surface area contributed by atoms with Gasteiger partial charge in [0, 0.05) is 38.4 Å². The number of carboxylic acids is 2. The molecule has 1 fully saturated rings. The third kappa shape index (κ3) is 8.91. The van der Waals surface area contributed by atoms with E-state index in [-0.39, 0.29) is 18.4 Å². The number of carbonyl (C=O) groups is 4. The predicted molar refractivity (Wildman–Crippen MR) is 148 cm³/mol. The maximum atomic E-state index is 12.8. The standard InChI is InChI=1S/C27H32N4O2.C2H2O4/c1-21(27(33)28-25-13-12-23-10-6-7-11-24(23)18-25)29(2)20-26(32)31-16-14-30(15-17-31)19-22-8-4-3-5-9-22;3-1(4)2(5)6/h3-13,18,21H,14-17,19-20H2,1-2H3,(H,28,33);(H,3,4)(H,5,6). The molecule has 1 aliphatic rings. The summed E-state index contributed by atoms with van der Waals surface area (Å²) in [6.07, 6.45) is 0. The molecular weight excluding hydrogens is 500 g/mol. The monoisotopic (exact) mass is 534 g/mol. The van der Waals surface area contributed by atoms with Crippen LogP contribution in [0, 0.1) is 0 Å². The third-order valence-electron chi connectivity index (χ3n) is 6.60. The van der Waals surface area contributed by atoms with Gasteiger partial charge in [0.25, 0.3) is 0 Å². The van der Waals surface area contributed by atoms with Crippen LogP contribution < -0.4 is 5.32 Å². The number of hydrogen-bond donors (Lipinski definition) is 3. The normalized spacial score (nSPS) is 14.3. The average Bonchev–Trinajstić information content (AvgIpc) is 2.93. The summed E-state index contributed by atoms with van der Waals surface area (Å²) in [6, 6.07) is 23.9. The molecule has 3 N–H and O–H groups in total. The Kier molecular flexibility index (Phi) is 10.5. The van der Waals surface area contributed by atoms with E-state index in [4.69, 9.17) is 19.8 Å². The number of nitrogens with one attached hydrogen (secondary N) is 1. The van der Waals surface area contributed by atoms with Crippen molar-refractivity contribution in [2.24, 2.45) is 0 Å². The van der Waals surface area contributed by atoms with Crippen molar-refractivity contribution in [3.63, 3.8) is 0 Å². The number of rotatable bonds is 7. The summed E-state index contributed by atoms with van der Waals surface area (Å²) in [6.45, 7) is 6.14. The van der Waals surface area contributed by atoms with Crippen molar-refractivity contribution < 1.29 is 29.4 Å². The number of carboxylic acid groups (broad SMARTS) is 2. The van der Waals surface area contributed by atoms with Crippen molar-refractivity contribution in [2.75, 3.05) is 45.1 Å². The van der Waals surface area contributed by atoms with Gasteiger partial charge in [-0.05, 0) is 42.4 Å². The van der Waals surface area contributed by atoms with E-state index >= 15 is 0 Å². The Morgan fingerprint density at radius 2 is 1.44 bits per heavy atom. The van der Waals surface area contributed by atoms with Gasteiger partial charge in [-0.3, -0.25) is 19.4 Å². The van der Waals surface area contributed by atoms with Gasteiger partial charge in [0.15, 0.2) is 0 Å². The Balaban J connectivity index is 0.000000631. The quantitative estimate of drug-likeness (QED) is 0.395. The minimum absolute atomic E-state index is 0.0715. The van der Waals surface area contributed by atoms with Crippen LogP contribution in [0.4, 0.5) is 5.69 Å². The molecule has 1 aliphatic heterocycles. The molecule has 10 nitrogen and oxygen atoms in total. The fourth-order valence-corrected chi connectivity index (χ4v) is 4.16. The summed E-state index contributed by atoms with van der Waals surface area (Å²) < 4.78 is 0. The fraction of sp³-hybridized carbons (Fsp3) is 0.310. The van der Waals surface area contributed by atoms with Gasteiger partial charge in [-0.2, -0.15) is 0 Å². The molecule has 10 heteroatoms.